The molecule has 1 aliphatic rings. The van der Waals surface area contributed by atoms with Crippen LogP contribution in [0.1, 0.15) is 12.8 Å². The second-order valence-electron chi connectivity index (χ2n) is 4.56. The van der Waals surface area contributed by atoms with Crippen LogP contribution in [-0.4, -0.2) is 41.5 Å². The number of hydrogen-bond acceptors (Lipinski definition) is 5. The van der Waals surface area contributed by atoms with Gasteiger partial charge < -0.3 is 0 Å². The Hall–Kier alpha value is -1.45. The molecular formula is C10H17N5O3S. The largest absolute Gasteiger partial charge is 0.294 e. The second-order valence-corrected chi connectivity index (χ2v) is 6.50. The van der Waals surface area contributed by atoms with Crippen LogP contribution in [-0.2, 0) is 21.9 Å². The van der Waals surface area contributed by atoms with Gasteiger partial charge in [-0.25, -0.2) is 14.3 Å². The van der Waals surface area contributed by atoms with Gasteiger partial charge in [-0.05, 0) is 12.8 Å². The van der Waals surface area contributed by atoms with E-state index in [2.05, 4.69) is 10.5 Å². The highest BCUT2D eigenvalue weighted by molar-refractivity contribution is 7.89. The summed E-state index contributed by atoms with van der Waals surface area (Å²) in [6, 6.07) is 0. The van der Waals surface area contributed by atoms with Gasteiger partial charge in [-0.2, -0.15) is 9.40 Å². The summed E-state index contributed by atoms with van der Waals surface area (Å²) in [7, 11) is -1.93. The fourth-order valence-corrected chi connectivity index (χ4v) is 3.68. The Balaban J connectivity index is 2.19. The van der Waals surface area contributed by atoms with Gasteiger partial charge in [-0.1, -0.05) is 0 Å². The number of carbonyl (C=O) groups excluding carboxylic acids is 1. The first-order chi connectivity index (χ1) is 8.95. The molecule has 0 aliphatic carbocycles. The molecule has 106 valence electrons. The molecule has 8 nitrogen and oxygen atoms in total. The zero-order valence-electron chi connectivity index (χ0n) is 10.6. The van der Waals surface area contributed by atoms with Crippen LogP contribution in [0.4, 0.5) is 0 Å². The predicted octanol–water partition coefficient (Wildman–Crippen LogP) is -1.19. The molecule has 9 heteroatoms. The molecule has 1 saturated heterocycles. The van der Waals surface area contributed by atoms with E-state index in [-0.39, 0.29) is 17.3 Å². The molecule has 0 aromatic carbocycles. The lowest BCUT2D eigenvalue weighted by Crippen LogP contribution is -2.46. The summed E-state index contributed by atoms with van der Waals surface area (Å²) in [5.74, 6) is 4.37. The predicted molar refractivity (Wildman–Crippen MR) is 67.0 cm³/mol. The van der Waals surface area contributed by atoms with E-state index in [0.717, 1.165) is 0 Å². The van der Waals surface area contributed by atoms with Crippen molar-refractivity contribution >= 4 is 15.9 Å². The van der Waals surface area contributed by atoms with Gasteiger partial charge in [0.2, 0.25) is 15.9 Å². The molecule has 0 radical (unpaired) electrons. The fourth-order valence-electron chi connectivity index (χ4n) is 2.17. The van der Waals surface area contributed by atoms with E-state index in [4.69, 9.17) is 5.84 Å². The average molecular weight is 287 g/mol. The van der Waals surface area contributed by atoms with Crippen molar-refractivity contribution in [1.82, 2.24) is 19.5 Å². The van der Waals surface area contributed by atoms with Crippen molar-refractivity contribution in [3.63, 3.8) is 0 Å². The zero-order chi connectivity index (χ0) is 14.0. The highest BCUT2D eigenvalue weighted by atomic mass is 32.2. The number of amides is 1. The van der Waals surface area contributed by atoms with Gasteiger partial charge in [-0.3, -0.25) is 14.9 Å². The topological polar surface area (TPSA) is 110 Å². The molecule has 0 spiro atoms. The Bertz CT molecular complexity index is 567. The van der Waals surface area contributed by atoms with Crippen LogP contribution < -0.4 is 11.3 Å². The number of rotatable bonds is 3. The van der Waals surface area contributed by atoms with Gasteiger partial charge in [0.25, 0.3) is 0 Å². The lowest BCUT2D eigenvalue weighted by Gasteiger charge is -2.30. The number of hydrogen-bond donors (Lipinski definition) is 2. The van der Waals surface area contributed by atoms with Crippen molar-refractivity contribution in [3.8, 4) is 0 Å². The minimum atomic E-state index is -3.59. The highest BCUT2D eigenvalue weighted by Gasteiger charge is 2.33. The van der Waals surface area contributed by atoms with Crippen LogP contribution in [0.15, 0.2) is 17.3 Å². The number of sulfonamides is 1. The minimum absolute atomic E-state index is 0.142. The number of piperidine rings is 1. The summed E-state index contributed by atoms with van der Waals surface area (Å²) in [5, 5.41) is 3.86. The van der Waals surface area contributed by atoms with E-state index in [0.29, 0.717) is 19.4 Å². The number of nitrogens with one attached hydrogen (secondary N) is 1. The molecule has 2 rings (SSSR count). The summed E-state index contributed by atoms with van der Waals surface area (Å²) in [4.78, 5) is 11.6. The molecule has 1 aromatic rings. The Morgan fingerprint density at radius 1 is 1.58 bits per heavy atom. The highest BCUT2D eigenvalue weighted by Crippen LogP contribution is 2.23. The quantitative estimate of drug-likeness (QED) is 0.412. The standard InChI is InChI=1S/C10H17N5O3S/c1-14-7-9(5-12-14)19(17,18)15-4-2-3-8(6-15)10(16)13-11/h5,7-8H,2-4,6,11H2,1H3,(H,13,16)/t8-/m0/s1. The number of aromatic nitrogens is 2. The number of aryl methyl sites for hydroxylation is 1. The third kappa shape index (κ3) is 2.77. The van der Waals surface area contributed by atoms with Crippen LogP contribution in [0, 0.1) is 5.92 Å². The SMILES string of the molecule is Cn1cc(S(=O)(=O)N2CCC[C@H](C(=O)NN)C2)cn1. The maximum atomic E-state index is 12.4. The van der Waals surface area contributed by atoms with Crippen molar-refractivity contribution in [2.45, 2.75) is 17.7 Å². The lowest BCUT2D eigenvalue weighted by molar-refractivity contribution is -0.126. The van der Waals surface area contributed by atoms with Gasteiger partial charge in [-0.15, -0.1) is 0 Å². The fraction of sp³-hybridized carbons (Fsp3) is 0.600. The maximum absolute atomic E-state index is 12.4. The van der Waals surface area contributed by atoms with E-state index in [1.807, 2.05) is 0 Å². The number of hydrazine groups is 1. The Kier molecular flexibility index (Phi) is 3.88. The molecule has 0 unspecified atom stereocenters. The van der Waals surface area contributed by atoms with Crippen molar-refractivity contribution < 1.29 is 13.2 Å². The summed E-state index contributed by atoms with van der Waals surface area (Å²) in [5.41, 5.74) is 2.07. The summed E-state index contributed by atoms with van der Waals surface area (Å²) < 4.78 is 27.5. The van der Waals surface area contributed by atoms with E-state index in [1.165, 1.54) is 21.4 Å². The first-order valence-electron chi connectivity index (χ1n) is 5.94. The Morgan fingerprint density at radius 2 is 2.32 bits per heavy atom. The molecular weight excluding hydrogens is 270 g/mol. The van der Waals surface area contributed by atoms with Gasteiger partial charge in [0, 0.05) is 26.3 Å². The molecule has 1 fully saturated rings. The van der Waals surface area contributed by atoms with E-state index >= 15 is 0 Å². The molecule has 3 N–H and O–H groups in total. The number of carbonyl (C=O) groups is 1. The molecule has 2 heterocycles. The Labute approximate surface area is 111 Å². The molecule has 0 bridgehead atoms. The molecule has 1 aromatic heterocycles. The van der Waals surface area contributed by atoms with Gasteiger partial charge in [0.15, 0.2) is 0 Å². The van der Waals surface area contributed by atoms with Crippen molar-refractivity contribution in [1.29, 1.82) is 0 Å². The molecule has 1 amide bonds. The first-order valence-corrected chi connectivity index (χ1v) is 7.38. The third-order valence-corrected chi connectivity index (χ3v) is 5.03. The summed E-state index contributed by atoms with van der Waals surface area (Å²) in [6.07, 6.45) is 4.03. The van der Waals surface area contributed by atoms with Crippen LogP contribution in [0.2, 0.25) is 0 Å². The number of nitrogens with zero attached hydrogens (tertiary/aromatic N) is 3. The normalized spacial score (nSPS) is 21.3. The molecule has 19 heavy (non-hydrogen) atoms. The number of nitrogens with two attached hydrogens (primary N) is 1. The third-order valence-electron chi connectivity index (χ3n) is 3.22. The molecule has 1 atom stereocenters. The van der Waals surface area contributed by atoms with Crippen molar-refractivity contribution in [2.24, 2.45) is 18.8 Å². The van der Waals surface area contributed by atoms with E-state index in [9.17, 15) is 13.2 Å². The van der Waals surface area contributed by atoms with Gasteiger partial charge in [0.1, 0.15) is 4.90 Å². The van der Waals surface area contributed by atoms with E-state index in [1.54, 1.807) is 7.05 Å². The Morgan fingerprint density at radius 3 is 2.89 bits per heavy atom. The van der Waals surface area contributed by atoms with Gasteiger partial charge >= 0.3 is 0 Å². The van der Waals surface area contributed by atoms with Gasteiger partial charge in [0.05, 0.1) is 12.1 Å². The zero-order valence-corrected chi connectivity index (χ0v) is 11.4. The molecule has 0 saturated carbocycles. The van der Waals surface area contributed by atoms with Crippen molar-refractivity contribution in [2.75, 3.05) is 13.1 Å². The van der Waals surface area contributed by atoms with Crippen LogP contribution in [0.3, 0.4) is 0 Å². The smallest absolute Gasteiger partial charge is 0.246 e. The van der Waals surface area contributed by atoms with Crippen molar-refractivity contribution in [3.05, 3.63) is 12.4 Å². The van der Waals surface area contributed by atoms with Crippen LogP contribution in [0.25, 0.3) is 0 Å². The summed E-state index contributed by atoms with van der Waals surface area (Å²) in [6.45, 7) is 0.561. The maximum Gasteiger partial charge on any atom is 0.246 e. The van der Waals surface area contributed by atoms with Crippen LogP contribution >= 0.6 is 0 Å². The second kappa shape index (κ2) is 5.27. The average Bonchev–Trinajstić information content (AvgIpc) is 2.85. The lowest BCUT2D eigenvalue weighted by atomic mass is 9.99. The monoisotopic (exact) mass is 287 g/mol. The minimum Gasteiger partial charge on any atom is -0.294 e. The first kappa shape index (κ1) is 14.0. The molecule has 1 aliphatic heterocycles. The van der Waals surface area contributed by atoms with Crippen LogP contribution in [0.5, 0.6) is 0 Å². The summed E-state index contributed by atoms with van der Waals surface area (Å²) >= 11 is 0. The van der Waals surface area contributed by atoms with E-state index < -0.39 is 15.9 Å².